The predicted octanol–water partition coefficient (Wildman–Crippen LogP) is 18.9. The highest BCUT2D eigenvalue weighted by molar-refractivity contribution is 5.71. The SMILES string of the molecule is CC\C=C/C=C\C=C/C=C\CCCCCCCC(=O)OCC(COC(=O)CCCCCCCCCCC/C=C\C/C=C\C/C=C\CC)OC(=O)CCCCCCC/C=C\CCCCCCCCC. The van der Waals surface area contributed by atoms with Crippen molar-refractivity contribution in [2.45, 2.75) is 264 Å². The summed E-state index contributed by atoms with van der Waals surface area (Å²) in [5.41, 5.74) is 0. The van der Waals surface area contributed by atoms with Crippen molar-refractivity contribution in [3.63, 3.8) is 0 Å². The Morgan fingerprint density at radius 3 is 1.09 bits per heavy atom. The molecule has 0 aliphatic heterocycles. The van der Waals surface area contributed by atoms with Crippen molar-refractivity contribution in [3.8, 4) is 0 Å². The molecule has 0 heterocycles. The van der Waals surface area contributed by atoms with E-state index in [-0.39, 0.29) is 31.1 Å². The molecule has 0 saturated carbocycles. The lowest BCUT2D eigenvalue weighted by atomic mass is 10.1. The van der Waals surface area contributed by atoms with Gasteiger partial charge in [-0.2, -0.15) is 0 Å². The van der Waals surface area contributed by atoms with Gasteiger partial charge < -0.3 is 14.2 Å². The molecule has 0 aromatic heterocycles. The fourth-order valence-corrected chi connectivity index (χ4v) is 7.70. The van der Waals surface area contributed by atoms with Crippen molar-refractivity contribution in [3.05, 3.63) is 97.2 Å². The number of allylic oxidation sites excluding steroid dienone is 16. The largest absolute Gasteiger partial charge is 0.462 e. The maximum absolute atomic E-state index is 12.8. The van der Waals surface area contributed by atoms with Crippen molar-refractivity contribution in [1.82, 2.24) is 0 Å². The first kappa shape index (κ1) is 64.3. The van der Waals surface area contributed by atoms with Crippen LogP contribution in [0.15, 0.2) is 97.2 Å². The predicted molar refractivity (Wildman–Crippen MR) is 293 cm³/mol. The van der Waals surface area contributed by atoms with Gasteiger partial charge in [0, 0.05) is 19.3 Å². The molecule has 0 rings (SSSR count). The summed E-state index contributed by atoms with van der Waals surface area (Å²) >= 11 is 0. The van der Waals surface area contributed by atoms with E-state index in [1.165, 1.54) is 103 Å². The van der Waals surface area contributed by atoms with Crippen molar-refractivity contribution in [1.29, 1.82) is 0 Å². The zero-order chi connectivity index (χ0) is 49.3. The third kappa shape index (κ3) is 53.3. The van der Waals surface area contributed by atoms with Gasteiger partial charge >= 0.3 is 17.9 Å². The fourth-order valence-electron chi connectivity index (χ4n) is 7.70. The Kier molecular flexibility index (Phi) is 52.9. The normalized spacial score (nSPS) is 12.8. The topological polar surface area (TPSA) is 78.9 Å². The van der Waals surface area contributed by atoms with Crippen LogP contribution >= 0.6 is 0 Å². The Labute approximate surface area is 419 Å². The minimum atomic E-state index is -0.795. The van der Waals surface area contributed by atoms with Crippen LogP contribution < -0.4 is 0 Å². The first-order valence-electron chi connectivity index (χ1n) is 28.3. The average Bonchev–Trinajstić information content (AvgIpc) is 3.34. The third-order valence-corrected chi connectivity index (χ3v) is 11.9. The number of hydrogen-bond donors (Lipinski definition) is 0. The summed E-state index contributed by atoms with van der Waals surface area (Å²) in [6.45, 7) is 6.37. The Morgan fingerprint density at radius 1 is 0.324 bits per heavy atom. The minimum absolute atomic E-state index is 0.0919. The fraction of sp³-hybridized carbons (Fsp3) is 0.694. The summed E-state index contributed by atoms with van der Waals surface area (Å²) in [5, 5.41) is 0. The highest BCUT2D eigenvalue weighted by Crippen LogP contribution is 2.15. The lowest BCUT2D eigenvalue weighted by Gasteiger charge is -2.18. The second kappa shape index (κ2) is 55.9. The van der Waals surface area contributed by atoms with E-state index in [0.29, 0.717) is 19.3 Å². The second-order valence-corrected chi connectivity index (χ2v) is 18.5. The maximum Gasteiger partial charge on any atom is 0.306 e. The Balaban J connectivity index is 4.43. The summed E-state index contributed by atoms with van der Waals surface area (Å²) in [4.78, 5) is 38.1. The van der Waals surface area contributed by atoms with Crippen LogP contribution in [-0.4, -0.2) is 37.2 Å². The molecule has 0 N–H and O–H groups in total. The van der Waals surface area contributed by atoms with Crippen LogP contribution in [0.3, 0.4) is 0 Å². The van der Waals surface area contributed by atoms with E-state index in [4.69, 9.17) is 14.2 Å². The summed E-state index contributed by atoms with van der Waals surface area (Å²) in [7, 11) is 0. The van der Waals surface area contributed by atoms with Crippen LogP contribution in [0.1, 0.15) is 258 Å². The van der Waals surface area contributed by atoms with E-state index >= 15 is 0 Å². The molecule has 1 atom stereocenters. The molecule has 6 heteroatoms. The maximum atomic E-state index is 12.8. The molecule has 0 radical (unpaired) electrons. The zero-order valence-electron chi connectivity index (χ0n) is 44.3. The molecule has 0 aliphatic rings. The van der Waals surface area contributed by atoms with Crippen LogP contribution in [0, 0.1) is 0 Å². The van der Waals surface area contributed by atoms with Crippen LogP contribution in [0.4, 0.5) is 0 Å². The molecule has 0 saturated heterocycles. The standard InChI is InChI=1S/C62H104O6/c1-4-7-10-13-16-19-22-25-28-30-31-32-35-37-40-43-46-49-52-55-61(64)67-58-59(57-66-60(63)54-51-48-45-42-39-36-33-27-24-21-18-15-12-9-6-3)68-62(65)56-53-50-47-44-41-38-34-29-26-23-20-17-14-11-8-5-2/h7,9-10,12,15-16,18-19,21,24-25,27-29,33-34,59H,4-6,8,11,13-14,17,20,22-23,26,30-32,35-58H2,1-3H3/b10-7-,12-9-,18-15-,19-16-,24-21-,28-25-,33-27-,34-29-. The van der Waals surface area contributed by atoms with E-state index in [0.717, 1.165) is 116 Å². The second-order valence-electron chi connectivity index (χ2n) is 18.5. The van der Waals surface area contributed by atoms with Gasteiger partial charge in [-0.25, -0.2) is 0 Å². The quantitative estimate of drug-likeness (QED) is 0.0199. The van der Waals surface area contributed by atoms with E-state index in [9.17, 15) is 14.4 Å². The Hall–Kier alpha value is -3.67. The van der Waals surface area contributed by atoms with Gasteiger partial charge in [0.1, 0.15) is 13.2 Å². The molecule has 388 valence electrons. The highest BCUT2D eigenvalue weighted by atomic mass is 16.6. The summed E-state index contributed by atoms with van der Waals surface area (Å²) in [6.07, 6.45) is 73.9. The van der Waals surface area contributed by atoms with E-state index in [1.54, 1.807) is 0 Å². The van der Waals surface area contributed by atoms with E-state index < -0.39 is 6.10 Å². The third-order valence-electron chi connectivity index (χ3n) is 11.9. The van der Waals surface area contributed by atoms with Gasteiger partial charge in [-0.05, 0) is 96.3 Å². The Bertz CT molecular complexity index is 1360. The van der Waals surface area contributed by atoms with Gasteiger partial charge in [0.25, 0.3) is 0 Å². The molecule has 0 aromatic rings. The molecule has 0 fully saturated rings. The number of rotatable bonds is 50. The smallest absolute Gasteiger partial charge is 0.306 e. The van der Waals surface area contributed by atoms with Gasteiger partial charge in [0.15, 0.2) is 6.10 Å². The minimum Gasteiger partial charge on any atom is -0.462 e. The summed E-state index contributed by atoms with van der Waals surface area (Å²) < 4.78 is 16.8. The molecule has 68 heavy (non-hydrogen) atoms. The van der Waals surface area contributed by atoms with Crippen LogP contribution in [-0.2, 0) is 28.6 Å². The van der Waals surface area contributed by atoms with Gasteiger partial charge in [-0.15, -0.1) is 0 Å². The van der Waals surface area contributed by atoms with Crippen LogP contribution in [0.2, 0.25) is 0 Å². The average molecular weight is 946 g/mol. The first-order valence-corrected chi connectivity index (χ1v) is 28.3. The zero-order valence-corrected chi connectivity index (χ0v) is 44.3. The monoisotopic (exact) mass is 945 g/mol. The first-order chi connectivity index (χ1) is 33.5. The van der Waals surface area contributed by atoms with Crippen LogP contribution in [0.5, 0.6) is 0 Å². The number of hydrogen-bond acceptors (Lipinski definition) is 6. The highest BCUT2D eigenvalue weighted by Gasteiger charge is 2.19. The molecule has 0 aliphatic carbocycles. The number of carbonyl (C=O) groups is 3. The lowest BCUT2D eigenvalue weighted by molar-refractivity contribution is -0.167. The van der Waals surface area contributed by atoms with Gasteiger partial charge in [-0.1, -0.05) is 240 Å². The van der Waals surface area contributed by atoms with E-state index in [1.807, 2.05) is 18.2 Å². The van der Waals surface area contributed by atoms with Crippen molar-refractivity contribution in [2.75, 3.05) is 13.2 Å². The van der Waals surface area contributed by atoms with Crippen molar-refractivity contribution in [2.24, 2.45) is 0 Å². The van der Waals surface area contributed by atoms with Crippen molar-refractivity contribution < 1.29 is 28.6 Å². The molecular weight excluding hydrogens is 841 g/mol. The van der Waals surface area contributed by atoms with Gasteiger partial charge in [0.05, 0.1) is 0 Å². The number of unbranched alkanes of at least 4 members (excludes halogenated alkanes) is 26. The summed E-state index contributed by atoms with van der Waals surface area (Å²) in [6, 6.07) is 0. The molecule has 0 amide bonds. The van der Waals surface area contributed by atoms with Gasteiger partial charge in [0.2, 0.25) is 0 Å². The molecule has 6 nitrogen and oxygen atoms in total. The Morgan fingerprint density at radius 2 is 0.647 bits per heavy atom. The van der Waals surface area contributed by atoms with Gasteiger partial charge in [-0.3, -0.25) is 14.4 Å². The number of carbonyl (C=O) groups excluding carboxylic acids is 3. The molecule has 0 spiro atoms. The molecule has 1 unspecified atom stereocenters. The van der Waals surface area contributed by atoms with Crippen LogP contribution in [0.25, 0.3) is 0 Å². The molecule has 0 bridgehead atoms. The van der Waals surface area contributed by atoms with E-state index in [2.05, 4.69) is 99.8 Å². The number of ether oxygens (including phenoxy) is 3. The molecular formula is C62H104O6. The summed E-state index contributed by atoms with van der Waals surface area (Å²) in [5.74, 6) is -0.926. The number of esters is 3. The lowest BCUT2D eigenvalue weighted by Crippen LogP contribution is -2.30. The van der Waals surface area contributed by atoms with Crippen molar-refractivity contribution >= 4 is 17.9 Å². The molecule has 0 aromatic carbocycles.